The number of hydrogen-bond acceptors (Lipinski definition) is 3. The van der Waals surface area contributed by atoms with Gasteiger partial charge < -0.3 is 15.0 Å². The van der Waals surface area contributed by atoms with Crippen LogP contribution in [0.25, 0.3) is 0 Å². The molecule has 0 spiro atoms. The Labute approximate surface area is 166 Å². The lowest BCUT2D eigenvalue weighted by Crippen LogP contribution is -2.51. The molecular formula is C23H28N2O3. The van der Waals surface area contributed by atoms with Crippen LogP contribution < -0.4 is 10.1 Å². The van der Waals surface area contributed by atoms with Crippen LogP contribution >= 0.6 is 0 Å². The van der Waals surface area contributed by atoms with Crippen molar-refractivity contribution in [3.05, 3.63) is 65.2 Å². The molecule has 3 rings (SSSR count). The molecule has 1 saturated heterocycles. The van der Waals surface area contributed by atoms with E-state index < -0.39 is 5.41 Å². The van der Waals surface area contributed by atoms with Gasteiger partial charge in [-0.3, -0.25) is 9.59 Å². The van der Waals surface area contributed by atoms with Crippen LogP contribution in [0.2, 0.25) is 0 Å². The minimum Gasteiger partial charge on any atom is -0.497 e. The van der Waals surface area contributed by atoms with Gasteiger partial charge in [0.2, 0.25) is 5.91 Å². The Morgan fingerprint density at radius 2 is 1.93 bits per heavy atom. The van der Waals surface area contributed by atoms with Crippen LogP contribution in [0.15, 0.2) is 48.5 Å². The van der Waals surface area contributed by atoms with Crippen LogP contribution in [-0.2, 0) is 11.3 Å². The molecule has 1 aliphatic heterocycles. The van der Waals surface area contributed by atoms with E-state index >= 15 is 0 Å². The van der Waals surface area contributed by atoms with Crippen molar-refractivity contribution in [2.24, 2.45) is 5.41 Å². The summed E-state index contributed by atoms with van der Waals surface area (Å²) in [6, 6.07) is 15.2. The first-order chi connectivity index (χ1) is 13.4. The summed E-state index contributed by atoms with van der Waals surface area (Å²) >= 11 is 0. The number of carbonyl (C=O) groups excluding carboxylic acids is 2. The highest BCUT2D eigenvalue weighted by Crippen LogP contribution is 2.30. The molecule has 5 heteroatoms. The number of carbonyl (C=O) groups is 2. The van der Waals surface area contributed by atoms with Crippen LogP contribution in [0.3, 0.4) is 0 Å². The molecular weight excluding hydrogens is 352 g/mol. The zero-order chi connectivity index (χ0) is 20.1. The molecule has 2 aromatic carbocycles. The van der Waals surface area contributed by atoms with E-state index in [1.54, 1.807) is 12.0 Å². The van der Waals surface area contributed by atoms with Gasteiger partial charge in [0.15, 0.2) is 0 Å². The molecule has 1 N–H and O–H groups in total. The van der Waals surface area contributed by atoms with Crippen LogP contribution in [-0.4, -0.2) is 36.9 Å². The Kier molecular flexibility index (Phi) is 6.02. The number of amides is 2. The van der Waals surface area contributed by atoms with Gasteiger partial charge in [-0.2, -0.15) is 0 Å². The maximum absolute atomic E-state index is 12.9. The van der Waals surface area contributed by atoms with Gasteiger partial charge in [0, 0.05) is 25.2 Å². The molecule has 28 heavy (non-hydrogen) atoms. The summed E-state index contributed by atoms with van der Waals surface area (Å²) in [5.74, 6) is 0.744. The fourth-order valence-corrected chi connectivity index (χ4v) is 3.65. The van der Waals surface area contributed by atoms with Crippen molar-refractivity contribution in [1.29, 1.82) is 0 Å². The maximum Gasteiger partial charge on any atom is 0.253 e. The van der Waals surface area contributed by atoms with Gasteiger partial charge in [-0.05, 0) is 56.5 Å². The molecule has 0 bridgehead atoms. The lowest BCUT2D eigenvalue weighted by Gasteiger charge is -2.39. The first-order valence-electron chi connectivity index (χ1n) is 9.68. The Hall–Kier alpha value is -2.82. The van der Waals surface area contributed by atoms with Crippen molar-refractivity contribution < 1.29 is 14.3 Å². The fraction of sp³-hybridized carbons (Fsp3) is 0.391. The van der Waals surface area contributed by atoms with E-state index in [4.69, 9.17) is 4.74 Å². The first-order valence-corrected chi connectivity index (χ1v) is 9.68. The topological polar surface area (TPSA) is 58.6 Å². The first kappa shape index (κ1) is 19.9. The lowest BCUT2D eigenvalue weighted by molar-refractivity contribution is -0.132. The molecule has 148 valence electrons. The van der Waals surface area contributed by atoms with Gasteiger partial charge in [-0.15, -0.1) is 0 Å². The van der Waals surface area contributed by atoms with Gasteiger partial charge in [-0.25, -0.2) is 0 Å². The Balaban J connectivity index is 1.64. The summed E-state index contributed by atoms with van der Waals surface area (Å²) in [5.41, 5.74) is 2.19. The maximum atomic E-state index is 12.9. The average molecular weight is 380 g/mol. The van der Waals surface area contributed by atoms with E-state index in [9.17, 15) is 9.59 Å². The predicted molar refractivity (Wildman–Crippen MR) is 109 cm³/mol. The summed E-state index contributed by atoms with van der Waals surface area (Å²) in [5, 5.41) is 3.03. The summed E-state index contributed by atoms with van der Waals surface area (Å²) in [7, 11) is 1.63. The third kappa shape index (κ3) is 4.53. The zero-order valence-electron chi connectivity index (χ0n) is 16.8. The molecule has 1 heterocycles. The van der Waals surface area contributed by atoms with Gasteiger partial charge in [-0.1, -0.05) is 29.8 Å². The van der Waals surface area contributed by atoms with E-state index in [2.05, 4.69) is 5.32 Å². The number of hydrogen-bond donors (Lipinski definition) is 1. The van der Waals surface area contributed by atoms with Gasteiger partial charge in [0.1, 0.15) is 5.75 Å². The highest BCUT2D eigenvalue weighted by Gasteiger charge is 2.39. The minimum atomic E-state index is -0.586. The number of nitrogens with zero attached hydrogens (tertiary/aromatic N) is 1. The van der Waals surface area contributed by atoms with E-state index in [0.717, 1.165) is 29.7 Å². The molecule has 5 nitrogen and oxygen atoms in total. The number of nitrogens with one attached hydrogen (secondary N) is 1. The van der Waals surface area contributed by atoms with E-state index in [0.29, 0.717) is 25.2 Å². The monoisotopic (exact) mass is 380 g/mol. The molecule has 1 atom stereocenters. The highest BCUT2D eigenvalue weighted by molar-refractivity contribution is 5.95. The average Bonchev–Trinajstić information content (AvgIpc) is 2.72. The molecule has 0 radical (unpaired) electrons. The number of piperidine rings is 1. The molecule has 1 unspecified atom stereocenters. The van der Waals surface area contributed by atoms with E-state index in [1.165, 1.54) is 0 Å². The lowest BCUT2D eigenvalue weighted by atomic mass is 9.80. The summed E-state index contributed by atoms with van der Waals surface area (Å²) < 4.78 is 5.23. The van der Waals surface area contributed by atoms with Crippen molar-refractivity contribution in [2.45, 2.75) is 33.2 Å². The number of ether oxygens (including phenoxy) is 1. The quantitative estimate of drug-likeness (QED) is 0.863. The third-order valence-electron chi connectivity index (χ3n) is 5.42. The predicted octanol–water partition coefficient (Wildman–Crippen LogP) is 3.56. The zero-order valence-corrected chi connectivity index (χ0v) is 16.8. The molecule has 2 amide bonds. The second-order valence-electron chi connectivity index (χ2n) is 7.79. The second kappa shape index (κ2) is 8.46. The molecule has 0 saturated carbocycles. The number of benzene rings is 2. The third-order valence-corrected chi connectivity index (χ3v) is 5.42. The molecule has 0 aliphatic carbocycles. The van der Waals surface area contributed by atoms with Crippen LogP contribution in [0.1, 0.15) is 41.3 Å². The Morgan fingerprint density at radius 3 is 2.64 bits per heavy atom. The Bertz CT molecular complexity index is 847. The van der Waals surface area contributed by atoms with E-state index in [-0.39, 0.29) is 11.8 Å². The number of rotatable bonds is 5. The van der Waals surface area contributed by atoms with Crippen LogP contribution in [0.5, 0.6) is 5.75 Å². The van der Waals surface area contributed by atoms with Crippen molar-refractivity contribution in [1.82, 2.24) is 10.2 Å². The van der Waals surface area contributed by atoms with E-state index in [1.807, 2.05) is 62.4 Å². The van der Waals surface area contributed by atoms with Crippen molar-refractivity contribution in [3.63, 3.8) is 0 Å². The summed E-state index contributed by atoms with van der Waals surface area (Å²) in [4.78, 5) is 27.6. The highest BCUT2D eigenvalue weighted by atomic mass is 16.5. The number of likely N-dealkylation sites (tertiary alicyclic amines) is 1. The SMILES string of the molecule is COc1cccc(CNC(=O)C2(C)CCCN(C(=O)c3ccc(C)cc3)C2)c1. The summed E-state index contributed by atoms with van der Waals surface area (Å²) in [6.07, 6.45) is 1.59. The van der Waals surface area contributed by atoms with Gasteiger partial charge in [0.05, 0.1) is 12.5 Å². The fourth-order valence-electron chi connectivity index (χ4n) is 3.65. The molecule has 2 aromatic rings. The van der Waals surface area contributed by atoms with Crippen molar-refractivity contribution >= 4 is 11.8 Å². The summed E-state index contributed by atoms with van der Waals surface area (Å²) in [6.45, 7) is 5.51. The van der Waals surface area contributed by atoms with Crippen molar-refractivity contribution in [2.75, 3.05) is 20.2 Å². The largest absolute Gasteiger partial charge is 0.497 e. The molecule has 0 aromatic heterocycles. The van der Waals surface area contributed by atoms with Gasteiger partial charge in [0.25, 0.3) is 5.91 Å². The molecule has 1 fully saturated rings. The number of methoxy groups -OCH3 is 1. The number of aryl methyl sites for hydroxylation is 1. The molecule has 1 aliphatic rings. The van der Waals surface area contributed by atoms with Gasteiger partial charge >= 0.3 is 0 Å². The smallest absolute Gasteiger partial charge is 0.253 e. The van der Waals surface area contributed by atoms with Crippen LogP contribution in [0, 0.1) is 12.3 Å². The standard InChI is InChI=1S/C23H28N2O3/c1-17-8-10-19(11-9-17)21(26)25-13-5-12-23(2,16-25)22(27)24-15-18-6-4-7-20(14-18)28-3/h4,6-11,14H,5,12-13,15-16H2,1-3H3,(H,24,27). The second-order valence-corrected chi connectivity index (χ2v) is 7.79. The normalized spacial score (nSPS) is 19.2. The van der Waals surface area contributed by atoms with Crippen molar-refractivity contribution in [3.8, 4) is 5.75 Å². The minimum absolute atomic E-state index is 0.00785. The Morgan fingerprint density at radius 1 is 1.18 bits per heavy atom. The van der Waals surface area contributed by atoms with Crippen LogP contribution in [0.4, 0.5) is 0 Å².